The van der Waals surface area contributed by atoms with Gasteiger partial charge in [0.15, 0.2) is 0 Å². The Morgan fingerprint density at radius 1 is 1.14 bits per heavy atom. The summed E-state index contributed by atoms with van der Waals surface area (Å²) in [4.78, 5) is 25.8. The SMILES string of the molecule is O=C(O)c1ccc(C(=O)Nc2ccc(C(F)(F)F)nc2)s1. The Labute approximate surface area is 120 Å². The van der Waals surface area contributed by atoms with Crippen LogP contribution in [0, 0.1) is 0 Å². The Hall–Kier alpha value is -2.42. The van der Waals surface area contributed by atoms with Crippen molar-refractivity contribution >= 4 is 28.9 Å². The molecule has 21 heavy (non-hydrogen) atoms. The van der Waals surface area contributed by atoms with E-state index < -0.39 is 23.7 Å². The van der Waals surface area contributed by atoms with Crippen molar-refractivity contribution in [2.45, 2.75) is 6.18 Å². The number of amides is 1. The van der Waals surface area contributed by atoms with Gasteiger partial charge in [-0.25, -0.2) is 9.78 Å². The third-order valence-electron chi connectivity index (χ3n) is 2.35. The van der Waals surface area contributed by atoms with Crippen molar-refractivity contribution in [2.24, 2.45) is 0 Å². The van der Waals surface area contributed by atoms with E-state index in [9.17, 15) is 22.8 Å². The second-order valence-corrected chi connectivity index (χ2v) is 4.94. The molecular weight excluding hydrogens is 309 g/mol. The third kappa shape index (κ3) is 3.57. The van der Waals surface area contributed by atoms with Gasteiger partial charge in [0.1, 0.15) is 10.6 Å². The van der Waals surface area contributed by atoms with E-state index in [-0.39, 0.29) is 15.4 Å². The minimum atomic E-state index is -4.55. The number of carbonyl (C=O) groups excluding carboxylic acids is 1. The summed E-state index contributed by atoms with van der Waals surface area (Å²) in [6, 6.07) is 4.40. The third-order valence-corrected chi connectivity index (χ3v) is 3.42. The van der Waals surface area contributed by atoms with Crippen LogP contribution in [0.2, 0.25) is 0 Å². The Balaban J connectivity index is 2.10. The maximum atomic E-state index is 12.3. The number of carboxylic acids is 1. The summed E-state index contributed by atoms with van der Waals surface area (Å²) in [5, 5.41) is 11.1. The first kappa shape index (κ1) is 15.0. The number of alkyl halides is 3. The normalized spacial score (nSPS) is 11.2. The van der Waals surface area contributed by atoms with Gasteiger partial charge in [-0.3, -0.25) is 4.79 Å². The van der Waals surface area contributed by atoms with Crippen molar-refractivity contribution in [3.8, 4) is 0 Å². The number of thiophene rings is 1. The van der Waals surface area contributed by atoms with Gasteiger partial charge >= 0.3 is 12.1 Å². The molecule has 2 aromatic heterocycles. The van der Waals surface area contributed by atoms with Crippen molar-refractivity contribution in [1.82, 2.24) is 4.98 Å². The molecule has 110 valence electrons. The van der Waals surface area contributed by atoms with Crippen molar-refractivity contribution in [3.05, 3.63) is 45.9 Å². The van der Waals surface area contributed by atoms with Gasteiger partial charge in [0.25, 0.3) is 5.91 Å². The first-order valence-electron chi connectivity index (χ1n) is 5.45. The molecule has 0 radical (unpaired) electrons. The highest BCUT2D eigenvalue weighted by Gasteiger charge is 2.32. The van der Waals surface area contributed by atoms with E-state index in [1.54, 1.807) is 0 Å². The van der Waals surface area contributed by atoms with Crippen LogP contribution in [0.25, 0.3) is 0 Å². The fourth-order valence-electron chi connectivity index (χ4n) is 1.40. The zero-order valence-corrected chi connectivity index (χ0v) is 11.0. The highest BCUT2D eigenvalue weighted by atomic mass is 32.1. The van der Waals surface area contributed by atoms with Crippen LogP contribution >= 0.6 is 11.3 Å². The molecule has 0 aliphatic rings. The summed E-state index contributed by atoms with van der Waals surface area (Å²) >= 11 is 0.764. The molecule has 5 nitrogen and oxygen atoms in total. The molecule has 9 heteroatoms. The lowest BCUT2D eigenvalue weighted by atomic mass is 10.3. The van der Waals surface area contributed by atoms with E-state index in [1.165, 1.54) is 12.1 Å². The standard InChI is InChI=1S/C12H7F3N2O3S/c13-12(14,15)9-4-1-6(5-16-9)17-10(18)7-2-3-8(21-7)11(19)20/h1-5H,(H,17,18)(H,19,20). The molecule has 0 aliphatic heterocycles. The maximum absolute atomic E-state index is 12.3. The van der Waals surface area contributed by atoms with Gasteiger partial charge in [-0.1, -0.05) is 0 Å². The number of aromatic carboxylic acids is 1. The largest absolute Gasteiger partial charge is 0.477 e. The molecule has 0 spiro atoms. The van der Waals surface area contributed by atoms with Crippen LogP contribution in [-0.4, -0.2) is 22.0 Å². The van der Waals surface area contributed by atoms with Crippen LogP contribution < -0.4 is 5.32 Å². The van der Waals surface area contributed by atoms with E-state index in [1.807, 2.05) is 0 Å². The molecule has 0 fully saturated rings. The second-order valence-electron chi connectivity index (χ2n) is 3.85. The van der Waals surface area contributed by atoms with Crippen LogP contribution in [0.5, 0.6) is 0 Å². The van der Waals surface area contributed by atoms with Crippen LogP contribution in [0.4, 0.5) is 18.9 Å². The first-order valence-corrected chi connectivity index (χ1v) is 6.27. The predicted octanol–water partition coefficient (Wildman–Crippen LogP) is 3.11. The van der Waals surface area contributed by atoms with Gasteiger partial charge in [0, 0.05) is 0 Å². The van der Waals surface area contributed by atoms with Gasteiger partial charge in [-0.2, -0.15) is 13.2 Å². The lowest BCUT2D eigenvalue weighted by Crippen LogP contribution is -2.12. The Bertz CT molecular complexity index is 680. The molecule has 2 N–H and O–H groups in total. The molecule has 2 heterocycles. The summed E-state index contributed by atoms with van der Waals surface area (Å²) in [6.07, 6.45) is -3.67. The predicted molar refractivity (Wildman–Crippen MR) is 68.5 cm³/mol. The minimum Gasteiger partial charge on any atom is -0.477 e. The molecule has 0 unspecified atom stereocenters. The van der Waals surface area contributed by atoms with Crippen molar-refractivity contribution in [2.75, 3.05) is 5.32 Å². The molecule has 0 saturated carbocycles. The number of pyridine rings is 1. The molecule has 0 atom stereocenters. The van der Waals surface area contributed by atoms with Crippen LogP contribution in [0.1, 0.15) is 25.0 Å². The van der Waals surface area contributed by atoms with E-state index >= 15 is 0 Å². The van der Waals surface area contributed by atoms with Gasteiger partial charge in [0.05, 0.1) is 16.8 Å². The number of aromatic nitrogens is 1. The van der Waals surface area contributed by atoms with Crippen LogP contribution in [0.3, 0.4) is 0 Å². The molecular formula is C12H7F3N2O3S. The number of carboxylic acid groups (broad SMARTS) is 1. The fourth-order valence-corrected chi connectivity index (χ4v) is 2.14. The summed E-state index contributed by atoms with van der Waals surface area (Å²) in [6.45, 7) is 0. The van der Waals surface area contributed by atoms with E-state index in [0.29, 0.717) is 0 Å². The lowest BCUT2D eigenvalue weighted by molar-refractivity contribution is -0.141. The van der Waals surface area contributed by atoms with Gasteiger partial charge in [-0.05, 0) is 24.3 Å². The number of rotatable bonds is 3. The monoisotopic (exact) mass is 316 g/mol. The number of anilines is 1. The van der Waals surface area contributed by atoms with Crippen LogP contribution in [-0.2, 0) is 6.18 Å². The van der Waals surface area contributed by atoms with Crippen molar-refractivity contribution in [3.63, 3.8) is 0 Å². The smallest absolute Gasteiger partial charge is 0.433 e. The number of halogens is 3. The highest BCUT2D eigenvalue weighted by molar-refractivity contribution is 7.15. The number of nitrogens with zero attached hydrogens (tertiary/aromatic N) is 1. The van der Waals surface area contributed by atoms with Crippen molar-refractivity contribution < 1.29 is 27.9 Å². The molecule has 0 aromatic carbocycles. The molecule has 2 aromatic rings. The summed E-state index contributed by atoms with van der Waals surface area (Å²) < 4.78 is 37.0. The zero-order valence-electron chi connectivity index (χ0n) is 10.1. The highest BCUT2D eigenvalue weighted by Crippen LogP contribution is 2.28. The Kier molecular flexibility index (Phi) is 3.94. The van der Waals surface area contributed by atoms with E-state index in [0.717, 1.165) is 29.7 Å². The number of carbonyl (C=O) groups is 2. The summed E-state index contributed by atoms with van der Waals surface area (Å²) in [5.41, 5.74) is -0.983. The van der Waals surface area contributed by atoms with Gasteiger partial charge < -0.3 is 10.4 Å². The summed E-state index contributed by atoms with van der Waals surface area (Å²) in [7, 11) is 0. The Morgan fingerprint density at radius 2 is 1.81 bits per heavy atom. The lowest BCUT2D eigenvalue weighted by Gasteiger charge is -2.07. The summed E-state index contributed by atoms with van der Waals surface area (Å²) in [5.74, 6) is -1.77. The number of hydrogen-bond donors (Lipinski definition) is 2. The molecule has 0 bridgehead atoms. The molecule has 2 rings (SSSR count). The first-order chi connectivity index (χ1) is 9.77. The topological polar surface area (TPSA) is 79.3 Å². The van der Waals surface area contributed by atoms with Gasteiger partial charge in [-0.15, -0.1) is 11.3 Å². The van der Waals surface area contributed by atoms with E-state index in [2.05, 4.69) is 10.3 Å². The minimum absolute atomic E-state index is 0.00862. The number of nitrogens with one attached hydrogen (secondary N) is 1. The average Bonchev–Trinajstić information content (AvgIpc) is 2.88. The van der Waals surface area contributed by atoms with Gasteiger partial charge in [0.2, 0.25) is 0 Å². The molecule has 1 amide bonds. The number of hydrogen-bond acceptors (Lipinski definition) is 4. The Morgan fingerprint density at radius 3 is 2.29 bits per heavy atom. The van der Waals surface area contributed by atoms with Crippen LogP contribution in [0.15, 0.2) is 30.5 Å². The molecule has 0 aliphatic carbocycles. The maximum Gasteiger partial charge on any atom is 0.433 e. The average molecular weight is 316 g/mol. The second kappa shape index (κ2) is 5.52. The van der Waals surface area contributed by atoms with E-state index in [4.69, 9.17) is 5.11 Å². The zero-order chi connectivity index (χ0) is 15.6. The quantitative estimate of drug-likeness (QED) is 0.912. The van der Waals surface area contributed by atoms with Crippen molar-refractivity contribution in [1.29, 1.82) is 0 Å². The molecule has 0 saturated heterocycles. The fraction of sp³-hybridized carbons (Fsp3) is 0.0833.